The predicted octanol–water partition coefficient (Wildman–Crippen LogP) is 3.01. The highest BCUT2D eigenvalue weighted by Gasteiger charge is 2.44. The lowest BCUT2D eigenvalue weighted by Gasteiger charge is -2.46. The molecule has 2 N–H and O–H groups in total. The first-order chi connectivity index (χ1) is 8.23. The summed E-state index contributed by atoms with van der Waals surface area (Å²) in [6.45, 7) is 12.4. The van der Waals surface area contributed by atoms with E-state index in [9.17, 15) is 0 Å². The van der Waals surface area contributed by atoms with Crippen LogP contribution < -0.4 is 5.73 Å². The topological polar surface area (TPSA) is 35.2 Å². The Kier molecular flexibility index (Phi) is 3.28. The third kappa shape index (κ3) is 2.45. The summed E-state index contributed by atoms with van der Waals surface area (Å²) in [5.74, 6) is 0. The van der Waals surface area contributed by atoms with E-state index in [1.807, 2.05) is 0 Å². The molecule has 0 amide bonds. The normalized spacial score (nSPS) is 18.6. The SMILES string of the molecule is Cc1cc(C)c(C2(CC(C)(C)N)COC2)cc1C. The van der Waals surface area contributed by atoms with E-state index in [0.29, 0.717) is 0 Å². The van der Waals surface area contributed by atoms with E-state index in [2.05, 4.69) is 46.8 Å². The van der Waals surface area contributed by atoms with Crippen molar-refractivity contribution in [3.05, 3.63) is 34.4 Å². The van der Waals surface area contributed by atoms with Gasteiger partial charge in [-0.15, -0.1) is 0 Å². The van der Waals surface area contributed by atoms with Crippen molar-refractivity contribution in [3.8, 4) is 0 Å². The summed E-state index contributed by atoms with van der Waals surface area (Å²) in [4.78, 5) is 0. The first-order valence-electron chi connectivity index (χ1n) is 6.68. The molecule has 18 heavy (non-hydrogen) atoms. The molecule has 0 bridgehead atoms. The lowest BCUT2D eigenvalue weighted by molar-refractivity contribution is -0.0722. The maximum Gasteiger partial charge on any atom is 0.0586 e. The summed E-state index contributed by atoms with van der Waals surface area (Å²) in [5.41, 5.74) is 11.7. The Morgan fingerprint density at radius 1 is 1.11 bits per heavy atom. The van der Waals surface area contributed by atoms with Gasteiger partial charge in [-0.25, -0.2) is 0 Å². The largest absolute Gasteiger partial charge is 0.379 e. The number of nitrogens with two attached hydrogens (primary N) is 1. The summed E-state index contributed by atoms with van der Waals surface area (Å²) in [6, 6.07) is 4.62. The van der Waals surface area contributed by atoms with E-state index in [4.69, 9.17) is 10.5 Å². The van der Waals surface area contributed by atoms with Gasteiger partial charge in [0.25, 0.3) is 0 Å². The van der Waals surface area contributed by atoms with E-state index in [0.717, 1.165) is 19.6 Å². The molecule has 0 radical (unpaired) electrons. The highest BCUT2D eigenvalue weighted by Crippen LogP contribution is 2.41. The monoisotopic (exact) mass is 247 g/mol. The van der Waals surface area contributed by atoms with Gasteiger partial charge >= 0.3 is 0 Å². The Labute approximate surface area is 111 Å². The molecule has 0 unspecified atom stereocenters. The second-order valence-electron chi connectivity index (χ2n) is 6.69. The van der Waals surface area contributed by atoms with E-state index in [1.165, 1.54) is 22.3 Å². The molecule has 1 heterocycles. The van der Waals surface area contributed by atoms with E-state index in [-0.39, 0.29) is 11.0 Å². The number of hydrogen-bond acceptors (Lipinski definition) is 2. The molecular weight excluding hydrogens is 222 g/mol. The third-order valence-corrected chi connectivity index (χ3v) is 3.96. The molecule has 2 rings (SSSR count). The maximum absolute atomic E-state index is 6.23. The standard InChI is InChI=1S/C16H25NO/c1-11-6-13(3)14(7-12(11)2)16(9-18-10-16)8-15(4,5)17/h6-7H,8-10,17H2,1-5H3. The lowest BCUT2D eigenvalue weighted by atomic mass is 9.69. The Bertz CT molecular complexity index is 453. The summed E-state index contributed by atoms with van der Waals surface area (Å²) >= 11 is 0. The van der Waals surface area contributed by atoms with Crippen LogP contribution in [0.15, 0.2) is 12.1 Å². The molecule has 1 saturated heterocycles. The quantitative estimate of drug-likeness (QED) is 0.891. The minimum atomic E-state index is -0.158. The fraction of sp³-hybridized carbons (Fsp3) is 0.625. The van der Waals surface area contributed by atoms with Crippen LogP contribution in [-0.2, 0) is 10.2 Å². The minimum Gasteiger partial charge on any atom is -0.379 e. The molecule has 0 saturated carbocycles. The van der Waals surface area contributed by atoms with Crippen LogP contribution in [0.1, 0.15) is 42.5 Å². The van der Waals surface area contributed by atoms with Gasteiger partial charge in [-0.05, 0) is 63.3 Å². The van der Waals surface area contributed by atoms with Crippen molar-refractivity contribution in [1.29, 1.82) is 0 Å². The molecule has 100 valence electrons. The van der Waals surface area contributed by atoms with Crippen LogP contribution in [0, 0.1) is 20.8 Å². The smallest absolute Gasteiger partial charge is 0.0586 e. The van der Waals surface area contributed by atoms with Crippen LogP contribution in [0.2, 0.25) is 0 Å². The zero-order valence-corrected chi connectivity index (χ0v) is 12.3. The average Bonchev–Trinajstić information content (AvgIpc) is 2.16. The van der Waals surface area contributed by atoms with Gasteiger partial charge in [0.1, 0.15) is 0 Å². The number of benzene rings is 1. The second-order valence-corrected chi connectivity index (χ2v) is 6.69. The molecular formula is C16H25NO. The first-order valence-corrected chi connectivity index (χ1v) is 6.68. The van der Waals surface area contributed by atoms with Gasteiger partial charge in [0.2, 0.25) is 0 Å². The molecule has 2 nitrogen and oxygen atoms in total. The highest BCUT2D eigenvalue weighted by atomic mass is 16.5. The zero-order chi connectivity index (χ0) is 13.6. The number of aryl methyl sites for hydroxylation is 3. The molecule has 1 fully saturated rings. The molecule has 0 aromatic heterocycles. The van der Waals surface area contributed by atoms with Crippen molar-refractivity contribution in [2.24, 2.45) is 5.73 Å². The first kappa shape index (κ1) is 13.6. The van der Waals surface area contributed by atoms with Gasteiger partial charge in [0.05, 0.1) is 13.2 Å². The van der Waals surface area contributed by atoms with Crippen LogP contribution in [0.25, 0.3) is 0 Å². The second kappa shape index (κ2) is 4.36. The number of ether oxygens (including phenoxy) is 1. The number of hydrogen-bond donors (Lipinski definition) is 1. The van der Waals surface area contributed by atoms with E-state index >= 15 is 0 Å². The molecule has 1 aromatic rings. The molecule has 0 aliphatic carbocycles. The van der Waals surface area contributed by atoms with Gasteiger partial charge in [0.15, 0.2) is 0 Å². The Hall–Kier alpha value is -0.860. The van der Waals surface area contributed by atoms with Crippen molar-refractivity contribution in [1.82, 2.24) is 0 Å². The van der Waals surface area contributed by atoms with E-state index < -0.39 is 0 Å². The average molecular weight is 247 g/mol. The Balaban J connectivity index is 2.42. The fourth-order valence-corrected chi connectivity index (χ4v) is 3.11. The van der Waals surface area contributed by atoms with E-state index in [1.54, 1.807) is 0 Å². The van der Waals surface area contributed by atoms with Crippen molar-refractivity contribution in [2.45, 2.75) is 52.0 Å². The molecule has 1 aliphatic rings. The Morgan fingerprint density at radius 3 is 2.11 bits per heavy atom. The lowest BCUT2D eigenvalue weighted by Crippen LogP contribution is -2.53. The van der Waals surface area contributed by atoms with Crippen LogP contribution in [0.3, 0.4) is 0 Å². The predicted molar refractivity (Wildman–Crippen MR) is 76.0 cm³/mol. The van der Waals surface area contributed by atoms with Crippen LogP contribution >= 0.6 is 0 Å². The van der Waals surface area contributed by atoms with Gasteiger partial charge < -0.3 is 10.5 Å². The third-order valence-electron chi connectivity index (χ3n) is 3.96. The fourth-order valence-electron chi connectivity index (χ4n) is 3.11. The summed E-state index contributed by atoms with van der Waals surface area (Å²) in [5, 5.41) is 0. The van der Waals surface area contributed by atoms with Gasteiger partial charge in [-0.2, -0.15) is 0 Å². The summed E-state index contributed by atoms with van der Waals surface area (Å²) in [7, 11) is 0. The summed E-state index contributed by atoms with van der Waals surface area (Å²) < 4.78 is 5.51. The number of rotatable bonds is 3. The molecule has 1 aromatic carbocycles. The van der Waals surface area contributed by atoms with Crippen molar-refractivity contribution >= 4 is 0 Å². The van der Waals surface area contributed by atoms with Crippen molar-refractivity contribution in [3.63, 3.8) is 0 Å². The van der Waals surface area contributed by atoms with Crippen LogP contribution in [0.4, 0.5) is 0 Å². The van der Waals surface area contributed by atoms with Crippen LogP contribution in [0.5, 0.6) is 0 Å². The Morgan fingerprint density at radius 2 is 1.67 bits per heavy atom. The van der Waals surface area contributed by atoms with Gasteiger partial charge in [0, 0.05) is 11.0 Å². The van der Waals surface area contributed by atoms with Crippen molar-refractivity contribution in [2.75, 3.05) is 13.2 Å². The summed E-state index contributed by atoms with van der Waals surface area (Å²) in [6.07, 6.45) is 0.976. The van der Waals surface area contributed by atoms with Gasteiger partial charge in [-0.1, -0.05) is 12.1 Å². The zero-order valence-electron chi connectivity index (χ0n) is 12.3. The molecule has 0 spiro atoms. The maximum atomic E-state index is 6.23. The minimum absolute atomic E-state index is 0.126. The van der Waals surface area contributed by atoms with Gasteiger partial charge in [-0.3, -0.25) is 0 Å². The van der Waals surface area contributed by atoms with Crippen molar-refractivity contribution < 1.29 is 4.74 Å². The molecule has 0 atom stereocenters. The van der Waals surface area contributed by atoms with Crippen LogP contribution in [-0.4, -0.2) is 18.8 Å². The molecule has 2 heteroatoms. The highest BCUT2D eigenvalue weighted by molar-refractivity contribution is 5.42. The molecule has 1 aliphatic heterocycles.